The van der Waals surface area contributed by atoms with E-state index in [1.54, 1.807) is 0 Å². The molecule has 0 radical (unpaired) electrons. The van der Waals surface area contributed by atoms with Gasteiger partial charge in [-0.05, 0) is 59.4 Å². The van der Waals surface area contributed by atoms with Crippen molar-refractivity contribution in [1.29, 1.82) is 0 Å². The SMILES string of the molecule is CC1(C)CCC(C)(C)C(=Nc2ccc(-c3ccccc3)cc2)C1=Nc1ccc(-c2ccccc2)cc1. The van der Waals surface area contributed by atoms with Gasteiger partial charge in [0.15, 0.2) is 0 Å². The third-order valence-corrected chi connectivity index (χ3v) is 7.31. The second kappa shape index (κ2) is 9.70. The topological polar surface area (TPSA) is 24.7 Å². The van der Waals surface area contributed by atoms with E-state index < -0.39 is 0 Å². The van der Waals surface area contributed by atoms with Gasteiger partial charge in [0, 0.05) is 10.8 Å². The van der Waals surface area contributed by atoms with E-state index in [2.05, 4.69) is 125 Å². The number of rotatable bonds is 4. The second-order valence-electron chi connectivity index (χ2n) is 11.0. The normalized spacial score (nSPS) is 18.9. The van der Waals surface area contributed by atoms with Gasteiger partial charge in [0.2, 0.25) is 0 Å². The van der Waals surface area contributed by atoms with Crippen LogP contribution in [0, 0.1) is 10.8 Å². The first kappa shape index (κ1) is 23.9. The van der Waals surface area contributed by atoms with Crippen molar-refractivity contribution >= 4 is 22.8 Å². The molecule has 0 aliphatic heterocycles. The minimum atomic E-state index is -0.0452. The van der Waals surface area contributed by atoms with E-state index in [0.717, 1.165) is 35.6 Å². The molecule has 5 rings (SSSR count). The summed E-state index contributed by atoms with van der Waals surface area (Å²) in [5, 5.41) is 0. The van der Waals surface area contributed by atoms with Crippen LogP contribution in [0.15, 0.2) is 119 Å². The highest BCUT2D eigenvalue weighted by Crippen LogP contribution is 2.43. The van der Waals surface area contributed by atoms with Crippen LogP contribution in [-0.2, 0) is 0 Å². The predicted molar refractivity (Wildman–Crippen MR) is 155 cm³/mol. The monoisotopic (exact) mass is 470 g/mol. The van der Waals surface area contributed by atoms with Crippen LogP contribution >= 0.6 is 0 Å². The van der Waals surface area contributed by atoms with Crippen molar-refractivity contribution in [2.24, 2.45) is 20.8 Å². The first-order valence-electron chi connectivity index (χ1n) is 12.8. The molecule has 4 aromatic rings. The molecule has 1 aliphatic rings. The summed E-state index contributed by atoms with van der Waals surface area (Å²) in [5.41, 5.74) is 8.90. The molecule has 1 aliphatic carbocycles. The van der Waals surface area contributed by atoms with E-state index in [9.17, 15) is 0 Å². The Hall–Kier alpha value is -3.78. The molecule has 0 heterocycles. The average molecular weight is 471 g/mol. The predicted octanol–water partition coefficient (Wildman–Crippen LogP) is 9.71. The lowest BCUT2D eigenvalue weighted by atomic mass is 9.64. The molecule has 4 aromatic carbocycles. The zero-order valence-corrected chi connectivity index (χ0v) is 21.7. The van der Waals surface area contributed by atoms with Gasteiger partial charge in [-0.15, -0.1) is 0 Å². The summed E-state index contributed by atoms with van der Waals surface area (Å²) >= 11 is 0. The summed E-state index contributed by atoms with van der Waals surface area (Å²) in [4.78, 5) is 10.5. The highest BCUT2D eigenvalue weighted by atomic mass is 14.9. The molecule has 1 fully saturated rings. The highest BCUT2D eigenvalue weighted by molar-refractivity contribution is 6.47. The Bertz CT molecular complexity index is 1260. The minimum absolute atomic E-state index is 0.0452. The molecule has 0 unspecified atom stereocenters. The van der Waals surface area contributed by atoms with Gasteiger partial charge in [-0.25, -0.2) is 0 Å². The zero-order valence-electron chi connectivity index (χ0n) is 21.7. The number of aliphatic imine (C=N–C) groups is 2. The molecule has 0 amide bonds. The summed E-state index contributed by atoms with van der Waals surface area (Å²) in [6.45, 7) is 9.20. The van der Waals surface area contributed by atoms with E-state index in [1.165, 1.54) is 22.3 Å². The van der Waals surface area contributed by atoms with Gasteiger partial charge < -0.3 is 0 Å². The summed E-state index contributed by atoms with van der Waals surface area (Å²) in [5.74, 6) is 0. The van der Waals surface area contributed by atoms with Crippen LogP contribution < -0.4 is 0 Å². The lowest BCUT2D eigenvalue weighted by Crippen LogP contribution is -2.45. The van der Waals surface area contributed by atoms with Crippen molar-refractivity contribution in [3.05, 3.63) is 109 Å². The Labute approximate surface area is 215 Å². The molecule has 2 heteroatoms. The fraction of sp³-hybridized carbons (Fsp3) is 0.235. The van der Waals surface area contributed by atoms with Crippen LogP contribution in [0.3, 0.4) is 0 Å². The van der Waals surface area contributed by atoms with Crippen LogP contribution in [0.5, 0.6) is 0 Å². The first-order chi connectivity index (χ1) is 17.3. The number of benzene rings is 4. The highest BCUT2D eigenvalue weighted by Gasteiger charge is 2.42. The van der Waals surface area contributed by atoms with Crippen LogP contribution in [0.4, 0.5) is 11.4 Å². The Kier molecular flexibility index (Phi) is 6.45. The molecule has 180 valence electrons. The molecular formula is C34H34N2. The molecule has 0 saturated heterocycles. The van der Waals surface area contributed by atoms with Crippen LogP contribution in [-0.4, -0.2) is 11.4 Å². The lowest BCUT2D eigenvalue weighted by molar-refractivity contribution is 0.347. The van der Waals surface area contributed by atoms with Gasteiger partial charge in [-0.3, -0.25) is 9.98 Å². The van der Waals surface area contributed by atoms with Gasteiger partial charge in [0.1, 0.15) is 0 Å². The summed E-state index contributed by atoms with van der Waals surface area (Å²) in [7, 11) is 0. The molecular weight excluding hydrogens is 436 g/mol. The Morgan fingerprint density at radius 3 is 1.06 bits per heavy atom. The van der Waals surface area contributed by atoms with Crippen molar-refractivity contribution in [3.63, 3.8) is 0 Å². The van der Waals surface area contributed by atoms with Crippen molar-refractivity contribution in [3.8, 4) is 22.3 Å². The Morgan fingerprint density at radius 1 is 0.417 bits per heavy atom. The second-order valence-corrected chi connectivity index (χ2v) is 11.0. The standard InChI is InChI=1S/C34H34N2/c1-33(2)23-24-34(3,4)32(36-30-21-17-28(18-22-30)26-13-9-6-10-14-26)31(33)35-29-19-15-27(16-20-29)25-11-7-5-8-12-25/h5-22H,23-24H2,1-4H3. The van der Waals surface area contributed by atoms with Crippen molar-refractivity contribution < 1.29 is 0 Å². The lowest BCUT2D eigenvalue weighted by Gasteiger charge is -2.41. The minimum Gasteiger partial charge on any atom is -0.251 e. The Morgan fingerprint density at radius 2 is 0.722 bits per heavy atom. The third-order valence-electron chi connectivity index (χ3n) is 7.31. The van der Waals surface area contributed by atoms with E-state index in [0.29, 0.717) is 0 Å². The number of hydrogen-bond donors (Lipinski definition) is 0. The van der Waals surface area contributed by atoms with Gasteiger partial charge >= 0.3 is 0 Å². The van der Waals surface area contributed by atoms with Gasteiger partial charge in [0.25, 0.3) is 0 Å². The number of hydrogen-bond acceptors (Lipinski definition) is 2. The molecule has 36 heavy (non-hydrogen) atoms. The molecule has 1 saturated carbocycles. The maximum absolute atomic E-state index is 5.23. The Balaban J connectivity index is 1.51. The molecule has 0 spiro atoms. The van der Waals surface area contributed by atoms with Crippen molar-refractivity contribution in [1.82, 2.24) is 0 Å². The van der Waals surface area contributed by atoms with Gasteiger partial charge in [0.05, 0.1) is 22.8 Å². The number of nitrogens with zero attached hydrogens (tertiary/aromatic N) is 2. The van der Waals surface area contributed by atoms with E-state index in [-0.39, 0.29) is 10.8 Å². The quantitative estimate of drug-likeness (QED) is 0.283. The summed E-state index contributed by atoms with van der Waals surface area (Å²) < 4.78 is 0. The molecule has 0 aromatic heterocycles. The fourth-order valence-corrected chi connectivity index (χ4v) is 4.89. The smallest absolute Gasteiger partial charge is 0.0687 e. The van der Waals surface area contributed by atoms with Gasteiger partial charge in [-0.2, -0.15) is 0 Å². The van der Waals surface area contributed by atoms with E-state index >= 15 is 0 Å². The largest absolute Gasteiger partial charge is 0.251 e. The summed E-state index contributed by atoms with van der Waals surface area (Å²) in [6, 6.07) is 38.1. The summed E-state index contributed by atoms with van der Waals surface area (Å²) in [6.07, 6.45) is 2.18. The zero-order chi connectivity index (χ0) is 25.2. The van der Waals surface area contributed by atoms with Crippen molar-refractivity contribution in [2.45, 2.75) is 40.5 Å². The molecule has 0 N–H and O–H groups in total. The van der Waals surface area contributed by atoms with Crippen molar-refractivity contribution in [2.75, 3.05) is 0 Å². The average Bonchev–Trinajstić information content (AvgIpc) is 2.90. The van der Waals surface area contributed by atoms with Crippen LogP contribution in [0.25, 0.3) is 22.3 Å². The van der Waals surface area contributed by atoms with E-state index in [4.69, 9.17) is 9.98 Å². The fourth-order valence-electron chi connectivity index (χ4n) is 4.89. The van der Waals surface area contributed by atoms with Crippen LogP contribution in [0.2, 0.25) is 0 Å². The molecule has 0 bridgehead atoms. The third kappa shape index (κ3) is 5.09. The van der Waals surface area contributed by atoms with Crippen LogP contribution in [0.1, 0.15) is 40.5 Å². The van der Waals surface area contributed by atoms with Gasteiger partial charge in [-0.1, -0.05) is 113 Å². The molecule has 0 atom stereocenters. The molecule has 2 nitrogen and oxygen atoms in total. The van der Waals surface area contributed by atoms with E-state index in [1.807, 2.05) is 12.1 Å². The maximum Gasteiger partial charge on any atom is 0.0687 e. The maximum atomic E-state index is 5.23. The first-order valence-corrected chi connectivity index (χ1v) is 12.8.